The first kappa shape index (κ1) is 13.4. The van der Waals surface area contributed by atoms with E-state index in [9.17, 15) is 0 Å². The van der Waals surface area contributed by atoms with Crippen molar-refractivity contribution >= 4 is 0 Å². The highest BCUT2D eigenvalue weighted by Crippen LogP contribution is 2.17. The minimum absolute atomic E-state index is 0.906. The number of nitrogens with zero attached hydrogens (tertiary/aromatic N) is 3. The maximum absolute atomic E-state index is 4.73. The number of aryl methyl sites for hydroxylation is 1. The van der Waals surface area contributed by atoms with Gasteiger partial charge in [-0.3, -0.25) is 0 Å². The van der Waals surface area contributed by atoms with Crippen molar-refractivity contribution in [1.29, 1.82) is 0 Å². The monoisotopic (exact) mass is 248 g/mol. The normalized spacial score (nSPS) is 14.2. The molecule has 0 fully saturated rings. The zero-order valence-corrected chi connectivity index (χ0v) is 11.8. The zero-order valence-electron chi connectivity index (χ0n) is 11.8. The van der Waals surface area contributed by atoms with Crippen molar-refractivity contribution in [3.05, 3.63) is 22.8 Å². The number of rotatable bonds is 6. The van der Waals surface area contributed by atoms with Crippen LogP contribution in [0.1, 0.15) is 43.5 Å². The fourth-order valence-electron chi connectivity index (χ4n) is 2.50. The molecule has 4 nitrogen and oxygen atoms in total. The molecule has 0 spiro atoms. The number of aromatic nitrogens is 2. The Labute approximate surface area is 110 Å². The fraction of sp³-hybridized carbons (Fsp3) is 0.714. The highest BCUT2D eigenvalue weighted by Gasteiger charge is 2.17. The molecule has 0 unspecified atom stereocenters. The lowest BCUT2D eigenvalue weighted by atomic mass is 10.1. The molecule has 0 radical (unpaired) electrons. The molecule has 0 bridgehead atoms. The summed E-state index contributed by atoms with van der Waals surface area (Å²) in [5.74, 6) is 1.02. The number of likely N-dealkylation sites (N-methyl/N-ethyl adjacent to an activating group) is 1. The van der Waals surface area contributed by atoms with Crippen molar-refractivity contribution < 1.29 is 0 Å². The molecule has 1 aromatic heterocycles. The van der Waals surface area contributed by atoms with E-state index < -0.39 is 0 Å². The first-order valence-electron chi connectivity index (χ1n) is 7.09. The van der Waals surface area contributed by atoms with Gasteiger partial charge >= 0.3 is 0 Å². The predicted octanol–water partition coefficient (Wildman–Crippen LogP) is 1.53. The Balaban J connectivity index is 2.09. The lowest BCUT2D eigenvalue weighted by molar-refractivity contribution is 0.305. The Hall–Kier alpha value is -1.00. The molecule has 1 aliphatic rings. The van der Waals surface area contributed by atoms with E-state index in [2.05, 4.69) is 31.0 Å². The van der Waals surface area contributed by atoms with Crippen molar-refractivity contribution in [2.24, 2.45) is 0 Å². The molecular weight excluding hydrogens is 224 g/mol. The third-order valence-electron chi connectivity index (χ3n) is 3.70. The maximum Gasteiger partial charge on any atom is 0.130 e. The van der Waals surface area contributed by atoms with E-state index in [1.807, 2.05) is 0 Å². The van der Waals surface area contributed by atoms with Crippen molar-refractivity contribution in [3.8, 4) is 0 Å². The first-order chi connectivity index (χ1) is 8.78. The summed E-state index contributed by atoms with van der Waals surface area (Å²) in [6.45, 7) is 11.7. The van der Waals surface area contributed by atoms with Crippen LogP contribution in [-0.2, 0) is 25.9 Å². The van der Waals surface area contributed by atoms with Crippen molar-refractivity contribution in [3.63, 3.8) is 0 Å². The summed E-state index contributed by atoms with van der Waals surface area (Å²) in [6.07, 6.45) is 1.97. The van der Waals surface area contributed by atoms with Gasteiger partial charge in [-0.1, -0.05) is 20.8 Å². The average Bonchev–Trinajstić information content (AvgIpc) is 2.87. The lowest BCUT2D eigenvalue weighted by Crippen LogP contribution is -2.26. The van der Waals surface area contributed by atoms with Crippen molar-refractivity contribution in [1.82, 2.24) is 20.2 Å². The van der Waals surface area contributed by atoms with Crippen LogP contribution in [0.3, 0.4) is 0 Å². The van der Waals surface area contributed by atoms with Crippen molar-refractivity contribution in [2.75, 3.05) is 19.6 Å². The Kier molecular flexibility index (Phi) is 4.66. The maximum atomic E-state index is 4.73. The van der Waals surface area contributed by atoms with Gasteiger partial charge in [-0.25, -0.2) is 9.97 Å². The Morgan fingerprint density at radius 2 is 1.89 bits per heavy atom. The minimum Gasteiger partial charge on any atom is -0.307 e. The summed E-state index contributed by atoms with van der Waals surface area (Å²) < 4.78 is 0. The van der Waals surface area contributed by atoms with Gasteiger partial charge in [0.1, 0.15) is 5.82 Å². The fourth-order valence-corrected chi connectivity index (χ4v) is 2.50. The van der Waals surface area contributed by atoms with Gasteiger partial charge in [0.25, 0.3) is 0 Å². The van der Waals surface area contributed by atoms with Crippen LogP contribution >= 0.6 is 0 Å². The van der Waals surface area contributed by atoms with Crippen LogP contribution < -0.4 is 5.32 Å². The van der Waals surface area contributed by atoms with E-state index in [4.69, 9.17) is 9.97 Å². The third kappa shape index (κ3) is 2.87. The van der Waals surface area contributed by atoms with Crippen LogP contribution in [0.5, 0.6) is 0 Å². The SMILES string of the molecule is CCc1nc(CCN(CC)CC)nc2c1CNC2. The molecule has 1 N–H and O–H groups in total. The molecule has 1 aromatic rings. The quantitative estimate of drug-likeness (QED) is 0.829. The Bertz CT molecular complexity index is 399. The smallest absolute Gasteiger partial charge is 0.130 e. The lowest BCUT2D eigenvalue weighted by Gasteiger charge is -2.17. The van der Waals surface area contributed by atoms with Gasteiger partial charge in [0.15, 0.2) is 0 Å². The van der Waals surface area contributed by atoms with Gasteiger partial charge in [-0.05, 0) is 19.5 Å². The summed E-state index contributed by atoms with van der Waals surface area (Å²) in [5, 5.41) is 3.36. The Morgan fingerprint density at radius 1 is 1.11 bits per heavy atom. The van der Waals surface area contributed by atoms with Crippen LogP contribution in [0.4, 0.5) is 0 Å². The molecule has 0 saturated heterocycles. The third-order valence-corrected chi connectivity index (χ3v) is 3.70. The number of fused-ring (bicyclic) bond motifs is 1. The second-order valence-electron chi connectivity index (χ2n) is 4.75. The van der Waals surface area contributed by atoms with E-state index in [1.54, 1.807) is 0 Å². The Morgan fingerprint density at radius 3 is 2.56 bits per heavy atom. The highest BCUT2D eigenvalue weighted by molar-refractivity contribution is 5.29. The molecule has 0 aliphatic carbocycles. The van der Waals surface area contributed by atoms with E-state index in [1.165, 1.54) is 17.0 Å². The largest absolute Gasteiger partial charge is 0.307 e. The van der Waals surface area contributed by atoms with Crippen LogP contribution in [-0.4, -0.2) is 34.5 Å². The van der Waals surface area contributed by atoms with Crippen LogP contribution in [0, 0.1) is 0 Å². The van der Waals surface area contributed by atoms with E-state index in [0.29, 0.717) is 0 Å². The molecule has 2 heterocycles. The molecule has 1 aliphatic heterocycles. The van der Waals surface area contributed by atoms with Crippen LogP contribution in [0.25, 0.3) is 0 Å². The van der Waals surface area contributed by atoms with Gasteiger partial charge < -0.3 is 10.2 Å². The second kappa shape index (κ2) is 6.25. The molecule has 18 heavy (non-hydrogen) atoms. The highest BCUT2D eigenvalue weighted by atomic mass is 15.1. The first-order valence-corrected chi connectivity index (χ1v) is 7.09. The summed E-state index contributed by atoms with van der Waals surface area (Å²) in [5.41, 5.74) is 3.79. The molecular formula is C14H24N4. The van der Waals surface area contributed by atoms with Crippen molar-refractivity contribution in [2.45, 2.75) is 46.7 Å². The molecule has 2 rings (SSSR count). The summed E-state index contributed by atoms with van der Waals surface area (Å²) in [4.78, 5) is 11.8. The minimum atomic E-state index is 0.906. The van der Waals surface area contributed by atoms with E-state index in [0.717, 1.165) is 51.4 Å². The van der Waals surface area contributed by atoms with Gasteiger partial charge in [-0.15, -0.1) is 0 Å². The number of hydrogen-bond acceptors (Lipinski definition) is 4. The zero-order chi connectivity index (χ0) is 13.0. The van der Waals surface area contributed by atoms with Gasteiger partial charge in [0.2, 0.25) is 0 Å². The summed E-state index contributed by atoms with van der Waals surface area (Å²) >= 11 is 0. The average molecular weight is 248 g/mol. The summed E-state index contributed by atoms with van der Waals surface area (Å²) in [7, 11) is 0. The molecule has 0 atom stereocenters. The molecule has 0 amide bonds. The number of nitrogens with one attached hydrogen (secondary N) is 1. The molecule has 4 heteroatoms. The van der Waals surface area contributed by atoms with Crippen LogP contribution in [0.15, 0.2) is 0 Å². The topological polar surface area (TPSA) is 41.1 Å². The van der Waals surface area contributed by atoms with E-state index >= 15 is 0 Å². The van der Waals surface area contributed by atoms with Crippen LogP contribution in [0.2, 0.25) is 0 Å². The molecule has 0 saturated carbocycles. The summed E-state index contributed by atoms with van der Waals surface area (Å²) in [6, 6.07) is 0. The van der Waals surface area contributed by atoms with Gasteiger partial charge in [0.05, 0.1) is 5.69 Å². The molecule has 100 valence electrons. The predicted molar refractivity (Wildman–Crippen MR) is 73.4 cm³/mol. The number of hydrogen-bond donors (Lipinski definition) is 1. The standard InChI is InChI=1S/C14H24N4/c1-4-12-11-9-15-10-13(11)17-14(16-12)7-8-18(5-2)6-3/h15H,4-10H2,1-3H3. The van der Waals surface area contributed by atoms with Gasteiger partial charge in [0, 0.05) is 37.3 Å². The second-order valence-corrected chi connectivity index (χ2v) is 4.75. The van der Waals surface area contributed by atoms with E-state index in [-0.39, 0.29) is 0 Å². The van der Waals surface area contributed by atoms with Gasteiger partial charge in [-0.2, -0.15) is 0 Å². The molecule has 0 aromatic carbocycles.